The molecule has 4 rings (SSSR count). The van der Waals surface area contributed by atoms with Gasteiger partial charge >= 0.3 is 5.97 Å². The molecule has 0 saturated heterocycles. The topological polar surface area (TPSA) is 80.9 Å². The van der Waals surface area contributed by atoms with Crippen LogP contribution in [0.1, 0.15) is 61.1 Å². The van der Waals surface area contributed by atoms with E-state index in [0.717, 1.165) is 53.9 Å². The Kier molecular flexibility index (Phi) is 7.98. The Bertz CT molecular complexity index is 1190. The summed E-state index contributed by atoms with van der Waals surface area (Å²) in [6.07, 6.45) is 6.69. The lowest BCUT2D eigenvalue weighted by atomic mass is 9.85. The molecular weight excluding hydrogens is 466 g/mol. The van der Waals surface area contributed by atoms with Crippen LogP contribution in [-0.2, 0) is 36.0 Å². The Morgan fingerprint density at radius 2 is 1.68 bits per heavy atom. The number of rotatable bonds is 11. The lowest BCUT2D eigenvalue weighted by molar-refractivity contribution is -0.142. The lowest BCUT2D eigenvalue weighted by Gasteiger charge is -2.28. The maximum absolute atomic E-state index is 11.8. The van der Waals surface area contributed by atoms with Crippen molar-refractivity contribution in [1.82, 2.24) is 4.57 Å². The largest absolute Gasteiger partial charge is 0.496 e. The van der Waals surface area contributed by atoms with E-state index < -0.39 is 17.5 Å². The zero-order valence-electron chi connectivity index (χ0n) is 22.5. The molecule has 198 valence electrons. The van der Waals surface area contributed by atoms with Crippen molar-refractivity contribution in [3.63, 3.8) is 0 Å². The molecule has 3 aromatic rings. The molecule has 1 heterocycles. The first-order valence-electron chi connectivity index (χ1n) is 13.1. The van der Waals surface area contributed by atoms with E-state index in [1.54, 1.807) is 28.1 Å². The van der Waals surface area contributed by atoms with Gasteiger partial charge in [0.1, 0.15) is 11.5 Å². The van der Waals surface area contributed by atoms with Crippen molar-refractivity contribution in [2.45, 2.75) is 64.5 Å². The fraction of sp³-hybridized carbons (Fsp3) is 0.452. The van der Waals surface area contributed by atoms with E-state index in [0.29, 0.717) is 12.5 Å². The van der Waals surface area contributed by atoms with Crippen LogP contribution in [0.25, 0.3) is 0 Å². The molecule has 1 aromatic heterocycles. The van der Waals surface area contributed by atoms with Gasteiger partial charge in [-0.05, 0) is 85.9 Å². The number of methoxy groups -OCH3 is 2. The van der Waals surface area contributed by atoms with Crippen LogP contribution in [0, 0.1) is 11.8 Å². The average molecular weight is 506 g/mol. The highest BCUT2D eigenvalue weighted by molar-refractivity contribution is 5.80. The van der Waals surface area contributed by atoms with Crippen LogP contribution in [0.4, 0.5) is 0 Å². The number of aliphatic carboxylic acids is 1. The van der Waals surface area contributed by atoms with Crippen LogP contribution < -0.4 is 9.47 Å². The molecule has 2 aromatic carbocycles. The summed E-state index contributed by atoms with van der Waals surface area (Å²) in [6.45, 7) is 6.05. The van der Waals surface area contributed by atoms with Crippen molar-refractivity contribution in [3.8, 4) is 11.5 Å². The Morgan fingerprint density at radius 3 is 2.19 bits per heavy atom. The summed E-state index contributed by atoms with van der Waals surface area (Å²) in [7, 11) is 3.28. The highest BCUT2D eigenvalue weighted by Gasteiger charge is 2.32. The molecule has 1 aliphatic rings. The van der Waals surface area contributed by atoms with E-state index in [1.807, 2.05) is 35.2 Å². The monoisotopic (exact) mass is 505 g/mol. The van der Waals surface area contributed by atoms with Gasteiger partial charge in [-0.2, -0.15) is 0 Å². The second kappa shape index (κ2) is 11.0. The van der Waals surface area contributed by atoms with Crippen LogP contribution in [0.3, 0.4) is 0 Å². The van der Waals surface area contributed by atoms with Gasteiger partial charge in [0.15, 0.2) is 0 Å². The molecule has 0 unspecified atom stereocenters. The molecule has 0 bridgehead atoms. The zero-order valence-corrected chi connectivity index (χ0v) is 22.5. The van der Waals surface area contributed by atoms with Gasteiger partial charge in [0.2, 0.25) is 0 Å². The molecule has 2 atom stereocenters. The number of hydrogen-bond acceptors (Lipinski definition) is 4. The highest BCUT2D eigenvalue weighted by Crippen LogP contribution is 2.39. The minimum Gasteiger partial charge on any atom is -0.496 e. The van der Waals surface area contributed by atoms with E-state index in [-0.39, 0.29) is 5.92 Å². The van der Waals surface area contributed by atoms with E-state index >= 15 is 0 Å². The number of carbonyl (C=O) groups is 1. The number of aromatic nitrogens is 1. The molecule has 6 nitrogen and oxygen atoms in total. The molecule has 6 heteroatoms. The van der Waals surface area contributed by atoms with Gasteiger partial charge < -0.3 is 24.3 Å². The van der Waals surface area contributed by atoms with Gasteiger partial charge in [-0.3, -0.25) is 4.79 Å². The molecule has 0 saturated carbocycles. The summed E-state index contributed by atoms with van der Waals surface area (Å²) in [6, 6.07) is 14.3. The number of benzene rings is 2. The second-order valence-corrected chi connectivity index (χ2v) is 10.8. The van der Waals surface area contributed by atoms with Crippen molar-refractivity contribution in [3.05, 3.63) is 82.7 Å². The van der Waals surface area contributed by atoms with Crippen LogP contribution in [0.5, 0.6) is 11.5 Å². The van der Waals surface area contributed by atoms with Crippen molar-refractivity contribution in [1.29, 1.82) is 0 Å². The number of nitrogens with zero attached hydrogens (tertiary/aromatic N) is 1. The van der Waals surface area contributed by atoms with E-state index in [1.165, 1.54) is 11.1 Å². The minimum atomic E-state index is -0.983. The van der Waals surface area contributed by atoms with Crippen LogP contribution in [-0.4, -0.2) is 35.0 Å². The van der Waals surface area contributed by atoms with E-state index in [9.17, 15) is 15.0 Å². The Morgan fingerprint density at radius 1 is 1.08 bits per heavy atom. The molecule has 0 fully saturated rings. The number of carboxylic acid groups (broad SMARTS) is 1. The molecule has 37 heavy (non-hydrogen) atoms. The first-order valence-corrected chi connectivity index (χ1v) is 13.1. The third kappa shape index (κ3) is 5.54. The predicted octanol–water partition coefficient (Wildman–Crippen LogP) is 5.58. The first-order chi connectivity index (χ1) is 17.7. The number of hydrogen-bond donors (Lipinski definition) is 2. The van der Waals surface area contributed by atoms with Crippen molar-refractivity contribution in [2.75, 3.05) is 14.2 Å². The molecule has 0 radical (unpaired) electrons. The lowest BCUT2D eigenvalue weighted by Crippen LogP contribution is -2.28. The number of aliphatic hydroxyl groups excluding tert-OH is 1. The first kappa shape index (κ1) is 26.8. The van der Waals surface area contributed by atoms with Gasteiger partial charge in [0, 0.05) is 30.4 Å². The average Bonchev–Trinajstić information content (AvgIpc) is 3.53. The van der Waals surface area contributed by atoms with Crippen LogP contribution >= 0.6 is 0 Å². The minimum absolute atomic E-state index is 0.0885. The molecule has 2 N–H and O–H groups in total. The zero-order chi connectivity index (χ0) is 26.7. The fourth-order valence-corrected chi connectivity index (χ4v) is 5.66. The number of aliphatic hydroxyl groups is 1. The quantitative estimate of drug-likeness (QED) is 0.355. The van der Waals surface area contributed by atoms with Crippen LogP contribution in [0.15, 0.2) is 54.9 Å². The smallest absolute Gasteiger partial charge is 0.313 e. The number of fused-ring (bicyclic) bond motifs is 1. The Hall–Kier alpha value is -3.25. The van der Waals surface area contributed by atoms with Gasteiger partial charge in [0.05, 0.1) is 25.7 Å². The van der Waals surface area contributed by atoms with Crippen LogP contribution in [0.2, 0.25) is 0 Å². The van der Waals surface area contributed by atoms with Gasteiger partial charge in [0.25, 0.3) is 0 Å². The molecule has 0 aliphatic heterocycles. The van der Waals surface area contributed by atoms with E-state index in [2.05, 4.69) is 31.2 Å². The van der Waals surface area contributed by atoms with Gasteiger partial charge in [-0.25, -0.2) is 0 Å². The maximum atomic E-state index is 11.8. The molecular formula is C31H39NO5. The number of carboxylic acids is 1. The second-order valence-electron chi connectivity index (χ2n) is 10.8. The molecule has 0 amide bonds. The third-order valence-electron chi connectivity index (χ3n) is 8.00. The van der Waals surface area contributed by atoms with Gasteiger partial charge in [-0.1, -0.05) is 31.2 Å². The van der Waals surface area contributed by atoms with Crippen molar-refractivity contribution < 1.29 is 24.5 Å². The SMILES string of the molecule is CCc1c(OC)cc([C@@H](O)[C@@H](CC2Cc3ccccc3C2)Cn2ccc(C(C)(C)C(=O)O)c2)cc1OC. The predicted molar refractivity (Wildman–Crippen MR) is 144 cm³/mol. The molecule has 0 spiro atoms. The summed E-state index contributed by atoms with van der Waals surface area (Å²) in [4.78, 5) is 11.8. The van der Waals surface area contributed by atoms with Crippen molar-refractivity contribution in [2.24, 2.45) is 11.8 Å². The summed E-state index contributed by atoms with van der Waals surface area (Å²) < 4.78 is 13.3. The normalized spacial score (nSPS) is 15.3. The fourth-order valence-electron chi connectivity index (χ4n) is 5.66. The maximum Gasteiger partial charge on any atom is 0.313 e. The Balaban J connectivity index is 1.65. The third-order valence-corrected chi connectivity index (χ3v) is 8.00. The summed E-state index contributed by atoms with van der Waals surface area (Å²) in [5.74, 6) is 0.917. The summed E-state index contributed by atoms with van der Waals surface area (Å²) in [5, 5.41) is 21.4. The summed E-state index contributed by atoms with van der Waals surface area (Å²) in [5.41, 5.74) is 4.30. The molecule has 1 aliphatic carbocycles. The highest BCUT2D eigenvalue weighted by atomic mass is 16.5. The summed E-state index contributed by atoms with van der Waals surface area (Å²) >= 11 is 0. The standard InChI is InChI=1S/C31H39NO5/c1-6-26-27(36-4)16-23(17-28(26)37-5)29(33)24(15-20-13-21-9-7-8-10-22(21)14-20)18-32-12-11-25(19-32)31(2,3)30(34)35/h7-12,16-17,19-20,24,29,33H,6,13-15,18H2,1-5H3,(H,34,35)/t24-,29+/m0/s1. The van der Waals surface area contributed by atoms with Crippen molar-refractivity contribution >= 4 is 5.97 Å². The van der Waals surface area contributed by atoms with Gasteiger partial charge in [-0.15, -0.1) is 0 Å². The number of ether oxygens (including phenoxy) is 2. The Labute approximate surface area is 219 Å². The van der Waals surface area contributed by atoms with E-state index in [4.69, 9.17) is 9.47 Å².